The smallest absolute Gasteiger partial charge is 0.416 e. The molecule has 1 unspecified atom stereocenters. The maximum atomic E-state index is 13.2. The molecule has 3 amide bonds. The molecule has 5 rings (SSSR count). The first-order chi connectivity index (χ1) is 21.7. The largest absolute Gasteiger partial charge is 0.492 e. The fourth-order valence-electron chi connectivity index (χ4n) is 4.95. The third-order valence-electron chi connectivity index (χ3n) is 7.55. The number of urea groups is 1. The number of anilines is 3. The molecule has 1 atom stereocenters. The van der Waals surface area contributed by atoms with E-state index in [0.717, 1.165) is 32.3 Å². The number of sulfonamides is 1. The van der Waals surface area contributed by atoms with Crippen LogP contribution < -0.4 is 29.3 Å². The number of carbonyl (C=O) groups excluding carboxylic acids is 2. The molecule has 244 valence electrons. The van der Waals surface area contributed by atoms with E-state index in [4.69, 9.17) is 14.2 Å². The Balaban J connectivity index is 1.32. The van der Waals surface area contributed by atoms with Crippen molar-refractivity contribution in [2.75, 3.05) is 42.0 Å². The molecule has 46 heavy (non-hydrogen) atoms. The molecule has 0 radical (unpaired) electrons. The van der Waals surface area contributed by atoms with Gasteiger partial charge in [-0.1, -0.05) is 50.7 Å². The van der Waals surface area contributed by atoms with Gasteiger partial charge in [-0.05, 0) is 41.3 Å². The van der Waals surface area contributed by atoms with E-state index >= 15 is 0 Å². The van der Waals surface area contributed by atoms with Crippen molar-refractivity contribution < 1.29 is 32.2 Å². The fourth-order valence-corrected chi connectivity index (χ4v) is 6.67. The molecule has 2 heterocycles. The Labute approximate surface area is 273 Å². The second-order valence-electron chi connectivity index (χ2n) is 11.7. The van der Waals surface area contributed by atoms with Crippen LogP contribution >= 0.6 is 11.8 Å². The van der Waals surface area contributed by atoms with Gasteiger partial charge in [0.1, 0.15) is 11.5 Å². The third kappa shape index (κ3) is 6.67. The first-order valence-corrected chi connectivity index (χ1v) is 17.0. The van der Waals surface area contributed by atoms with Crippen LogP contribution in [-0.4, -0.2) is 58.5 Å². The summed E-state index contributed by atoms with van der Waals surface area (Å²) in [5, 5.41) is 5.70. The second-order valence-corrected chi connectivity index (χ2v) is 14.8. The number of nitrogens with zero attached hydrogens (tertiary/aromatic N) is 3. The summed E-state index contributed by atoms with van der Waals surface area (Å²) in [6.45, 7) is 6.13. The normalized spacial score (nSPS) is 15.2. The number of hydrogen-bond donors (Lipinski definition) is 2. The number of para-hydroxylation sites is 1. The van der Waals surface area contributed by atoms with E-state index in [-0.39, 0.29) is 23.2 Å². The first kappa shape index (κ1) is 32.8. The van der Waals surface area contributed by atoms with Crippen molar-refractivity contribution in [1.29, 1.82) is 0 Å². The summed E-state index contributed by atoms with van der Waals surface area (Å²) in [5.74, 6) is 1.37. The van der Waals surface area contributed by atoms with Gasteiger partial charge in [0.25, 0.3) is 0 Å². The molecule has 14 heteroatoms. The number of benzene rings is 3. The quantitative estimate of drug-likeness (QED) is 0.286. The van der Waals surface area contributed by atoms with Crippen LogP contribution in [0.3, 0.4) is 0 Å². The second kappa shape index (κ2) is 12.7. The van der Waals surface area contributed by atoms with Gasteiger partial charge in [-0.15, -0.1) is 0 Å². The number of nitrogens with one attached hydrogen (secondary N) is 2. The average Bonchev–Trinajstić information content (AvgIpc) is 3.58. The predicted molar refractivity (Wildman–Crippen MR) is 179 cm³/mol. The van der Waals surface area contributed by atoms with Crippen LogP contribution in [0.5, 0.6) is 17.2 Å². The lowest BCUT2D eigenvalue weighted by Crippen LogP contribution is -2.36. The zero-order valence-electron chi connectivity index (χ0n) is 26.7. The van der Waals surface area contributed by atoms with E-state index in [2.05, 4.69) is 10.6 Å². The summed E-state index contributed by atoms with van der Waals surface area (Å²) in [5.41, 5.74) is 2.48. The summed E-state index contributed by atoms with van der Waals surface area (Å²) >= 11 is 1.53. The maximum absolute atomic E-state index is 13.2. The van der Waals surface area contributed by atoms with Crippen molar-refractivity contribution in [2.45, 2.75) is 43.1 Å². The Hall–Kier alpha value is -4.56. The monoisotopic (exact) mass is 667 g/mol. The number of thioether (sulfide) groups is 1. The highest BCUT2D eigenvalue weighted by Crippen LogP contribution is 2.49. The molecule has 0 bridgehead atoms. The number of rotatable bonds is 8. The molecule has 2 aliphatic rings. The number of ether oxygens (including phenoxy) is 3. The summed E-state index contributed by atoms with van der Waals surface area (Å²) in [4.78, 5) is 29.8. The molecular weight excluding hydrogens is 631 g/mol. The van der Waals surface area contributed by atoms with Crippen LogP contribution in [0.2, 0.25) is 0 Å². The Morgan fingerprint density at radius 1 is 1.04 bits per heavy atom. The molecule has 12 nitrogen and oxygen atoms in total. The van der Waals surface area contributed by atoms with Gasteiger partial charge in [-0.25, -0.2) is 18.0 Å². The van der Waals surface area contributed by atoms with Gasteiger partial charge in [0.2, 0.25) is 10.0 Å². The number of amides is 3. The maximum Gasteiger partial charge on any atom is 0.416 e. The van der Waals surface area contributed by atoms with Gasteiger partial charge in [0.15, 0.2) is 11.2 Å². The zero-order valence-corrected chi connectivity index (χ0v) is 28.3. The molecule has 0 spiro atoms. The van der Waals surface area contributed by atoms with E-state index in [1.165, 1.54) is 37.9 Å². The van der Waals surface area contributed by atoms with Crippen LogP contribution in [-0.2, 0) is 26.7 Å². The van der Waals surface area contributed by atoms with E-state index in [1.807, 2.05) is 74.3 Å². The van der Waals surface area contributed by atoms with Crippen molar-refractivity contribution >= 4 is 51.0 Å². The summed E-state index contributed by atoms with van der Waals surface area (Å²) < 4.78 is 42.7. The van der Waals surface area contributed by atoms with Gasteiger partial charge in [0.05, 0.1) is 37.5 Å². The van der Waals surface area contributed by atoms with Crippen LogP contribution in [0.4, 0.5) is 26.7 Å². The molecule has 0 saturated carbocycles. The SMILES string of the molecule is COC(=O)N1C=CN2c3cc(Oc4ccccc4CNC(=O)Nc4cc(C(C)(C)C)cc(N(C)S(C)(=O)=O)c4OC)ccc3SC12. The summed E-state index contributed by atoms with van der Waals surface area (Å²) in [7, 11) is 0.616. The Kier molecular flexibility index (Phi) is 9.05. The van der Waals surface area contributed by atoms with Crippen molar-refractivity contribution in [3.05, 3.63) is 78.1 Å². The fraction of sp³-hybridized carbons (Fsp3) is 0.312. The summed E-state index contributed by atoms with van der Waals surface area (Å²) in [6, 6.07) is 16.1. The predicted octanol–water partition coefficient (Wildman–Crippen LogP) is 6.25. The van der Waals surface area contributed by atoms with E-state index in [1.54, 1.807) is 18.3 Å². The van der Waals surface area contributed by atoms with Crippen molar-refractivity contribution in [3.8, 4) is 17.2 Å². The number of carbonyl (C=O) groups is 2. The molecule has 2 aliphatic heterocycles. The third-order valence-corrected chi connectivity index (χ3v) is 10.0. The first-order valence-electron chi connectivity index (χ1n) is 14.3. The van der Waals surface area contributed by atoms with Crippen molar-refractivity contribution in [2.24, 2.45) is 0 Å². The van der Waals surface area contributed by atoms with Crippen molar-refractivity contribution in [1.82, 2.24) is 10.2 Å². The number of hydrogen-bond acceptors (Lipinski definition) is 9. The molecule has 0 aliphatic carbocycles. The average molecular weight is 668 g/mol. The highest BCUT2D eigenvalue weighted by Gasteiger charge is 2.39. The van der Waals surface area contributed by atoms with Crippen LogP contribution in [0.1, 0.15) is 31.9 Å². The highest BCUT2D eigenvalue weighted by atomic mass is 32.2. The van der Waals surface area contributed by atoms with E-state index < -0.39 is 22.1 Å². The lowest BCUT2D eigenvalue weighted by Gasteiger charge is -2.27. The van der Waals surface area contributed by atoms with E-state index in [0.29, 0.717) is 22.9 Å². The molecule has 0 aromatic heterocycles. The zero-order chi connectivity index (χ0) is 33.4. The standard InChI is InChI=1S/C32H37N5O7S2/c1-32(2,3)21-16-23(28(42-5)25(17-21)35(4)46(7,40)41)34-29(38)33-19-20-10-8-9-11-26(20)44-22-12-13-27-24(18-22)36-14-15-37(30(36)45-27)31(39)43-6/h8-18,30H,19H2,1-7H3,(H2,33,34,38). The molecular formula is C32H37N5O7S2. The van der Waals surface area contributed by atoms with Gasteiger partial charge in [0, 0.05) is 42.5 Å². The lowest BCUT2D eigenvalue weighted by atomic mass is 9.86. The molecule has 3 aromatic rings. The van der Waals surface area contributed by atoms with Crippen LogP contribution in [0, 0.1) is 0 Å². The topological polar surface area (TPSA) is 130 Å². The van der Waals surface area contributed by atoms with Gasteiger partial charge in [-0.3, -0.25) is 9.21 Å². The van der Waals surface area contributed by atoms with Gasteiger partial charge < -0.3 is 29.7 Å². The van der Waals surface area contributed by atoms with E-state index in [9.17, 15) is 18.0 Å². The van der Waals surface area contributed by atoms with Gasteiger partial charge in [-0.2, -0.15) is 0 Å². The number of methoxy groups -OCH3 is 2. The van der Waals surface area contributed by atoms with Crippen LogP contribution in [0.15, 0.2) is 71.9 Å². The Morgan fingerprint density at radius 3 is 2.46 bits per heavy atom. The Morgan fingerprint density at radius 2 is 1.78 bits per heavy atom. The minimum absolute atomic E-state index is 0.144. The van der Waals surface area contributed by atoms with Gasteiger partial charge >= 0.3 is 12.1 Å². The van der Waals surface area contributed by atoms with Crippen molar-refractivity contribution in [3.63, 3.8) is 0 Å². The minimum atomic E-state index is -3.60. The molecule has 0 fully saturated rings. The summed E-state index contributed by atoms with van der Waals surface area (Å²) in [6.07, 6.45) is 4.18. The highest BCUT2D eigenvalue weighted by molar-refractivity contribution is 8.00. The molecule has 3 aromatic carbocycles. The lowest BCUT2D eigenvalue weighted by molar-refractivity contribution is 0.140. The number of fused-ring (bicyclic) bond motifs is 3. The molecule has 2 N–H and O–H groups in total. The van der Waals surface area contributed by atoms with Crippen LogP contribution in [0.25, 0.3) is 0 Å². The Bertz CT molecular complexity index is 1810. The molecule has 0 saturated heterocycles. The minimum Gasteiger partial charge on any atom is -0.492 e.